The van der Waals surface area contributed by atoms with E-state index in [2.05, 4.69) is 22.1 Å². The molecule has 3 aromatic rings. The topological polar surface area (TPSA) is 55.3 Å². The number of likely N-dealkylation sites (tertiary alicyclic amines) is 1. The minimum absolute atomic E-state index is 0.196. The van der Waals surface area contributed by atoms with Crippen LogP contribution in [0.4, 0.5) is 0 Å². The van der Waals surface area contributed by atoms with Crippen molar-refractivity contribution in [2.75, 3.05) is 20.2 Å². The Kier molecular flexibility index (Phi) is 6.92. The summed E-state index contributed by atoms with van der Waals surface area (Å²) < 4.78 is 5.38. The van der Waals surface area contributed by atoms with Crippen LogP contribution < -0.4 is 4.74 Å². The summed E-state index contributed by atoms with van der Waals surface area (Å²) in [5, 5.41) is 0. The molecule has 0 aliphatic carbocycles. The van der Waals surface area contributed by atoms with Gasteiger partial charge in [-0.25, -0.2) is 0 Å². The molecular formula is C26H29N3O2. The summed E-state index contributed by atoms with van der Waals surface area (Å²) in [7, 11) is 1.67. The van der Waals surface area contributed by atoms with Crippen LogP contribution in [0.1, 0.15) is 42.9 Å². The zero-order valence-corrected chi connectivity index (χ0v) is 18.0. The molecule has 2 heterocycles. The molecule has 0 N–H and O–H groups in total. The van der Waals surface area contributed by atoms with E-state index in [4.69, 9.17) is 4.74 Å². The molecule has 0 radical (unpaired) electrons. The molecule has 1 unspecified atom stereocenters. The summed E-state index contributed by atoms with van der Waals surface area (Å²) in [5.74, 6) is 1.24. The van der Waals surface area contributed by atoms with Crippen molar-refractivity contribution in [1.29, 1.82) is 0 Å². The van der Waals surface area contributed by atoms with Gasteiger partial charge in [-0.1, -0.05) is 42.5 Å². The second kappa shape index (κ2) is 10.2. The highest BCUT2D eigenvalue weighted by Crippen LogP contribution is 2.33. The fourth-order valence-corrected chi connectivity index (χ4v) is 4.31. The first kappa shape index (κ1) is 21.0. The van der Waals surface area contributed by atoms with Gasteiger partial charge >= 0.3 is 0 Å². The Morgan fingerprint density at radius 2 is 1.94 bits per heavy atom. The highest BCUT2D eigenvalue weighted by Gasteiger charge is 2.27. The predicted octanol–water partition coefficient (Wildman–Crippen LogP) is 4.88. The maximum atomic E-state index is 12.9. The first-order chi connectivity index (χ1) is 15.2. The normalized spacial score (nSPS) is 16.2. The third-order valence-electron chi connectivity index (χ3n) is 5.93. The molecule has 1 aliphatic heterocycles. The highest BCUT2D eigenvalue weighted by atomic mass is 16.5. The molecule has 31 heavy (non-hydrogen) atoms. The number of methoxy groups -OCH3 is 1. The monoisotopic (exact) mass is 415 g/mol. The van der Waals surface area contributed by atoms with Crippen molar-refractivity contribution in [2.24, 2.45) is 0 Å². The van der Waals surface area contributed by atoms with Crippen LogP contribution >= 0.6 is 0 Å². The van der Waals surface area contributed by atoms with Gasteiger partial charge in [0.25, 0.3) is 0 Å². The van der Waals surface area contributed by atoms with Gasteiger partial charge in [0.15, 0.2) is 0 Å². The summed E-state index contributed by atoms with van der Waals surface area (Å²) in [4.78, 5) is 24.2. The fourth-order valence-electron chi connectivity index (χ4n) is 4.31. The molecule has 1 saturated heterocycles. The van der Waals surface area contributed by atoms with Crippen molar-refractivity contribution in [3.63, 3.8) is 0 Å². The van der Waals surface area contributed by atoms with Crippen LogP contribution in [0.5, 0.6) is 5.75 Å². The highest BCUT2D eigenvalue weighted by molar-refractivity contribution is 5.76. The number of ether oxygens (including phenoxy) is 1. The number of nitrogens with zero attached hydrogens (tertiary/aromatic N) is 3. The Bertz CT molecular complexity index is 1010. The minimum atomic E-state index is 0.196. The number of aromatic nitrogens is 2. The van der Waals surface area contributed by atoms with Crippen LogP contribution in [0.25, 0.3) is 11.3 Å². The molecule has 1 aromatic heterocycles. The summed E-state index contributed by atoms with van der Waals surface area (Å²) >= 11 is 0. The summed E-state index contributed by atoms with van der Waals surface area (Å²) in [6, 6.07) is 18.3. The largest absolute Gasteiger partial charge is 0.497 e. The third-order valence-corrected chi connectivity index (χ3v) is 5.93. The number of hydrogen-bond acceptors (Lipinski definition) is 4. The molecule has 160 valence electrons. The molecule has 1 fully saturated rings. The average molecular weight is 416 g/mol. The number of hydrogen-bond donors (Lipinski definition) is 0. The van der Waals surface area contributed by atoms with Gasteiger partial charge in [-0.2, -0.15) is 0 Å². The van der Waals surface area contributed by atoms with Crippen molar-refractivity contribution >= 4 is 5.91 Å². The van der Waals surface area contributed by atoms with Crippen LogP contribution in [0.3, 0.4) is 0 Å². The summed E-state index contributed by atoms with van der Waals surface area (Å²) in [5.41, 5.74) is 4.13. The van der Waals surface area contributed by atoms with Crippen LogP contribution in [0.15, 0.2) is 67.0 Å². The van der Waals surface area contributed by atoms with E-state index in [9.17, 15) is 4.79 Å². The Morgan fingerprint density at radius 3 is 2.77 bits per heavy atom. The van der Waals surface area contributed by atoms with E-state index in [1.54, 1.807) is 19.5 Å². The molecule has 1 amide bonds. The third kappa shape index (κ3) is 5.29. The number of carbonyl (C=O) groups is 1. The molecule has 0 saturated carbocycles. The fraction of sp³-hybridized carbons (Fsp3) is 0.346. The molecule has 4 rings (SSSR count). The van der Waals surface area contributed by atoms with Gasteiger partial charge in [-0.05, 0) is 43.4 Å². The van der Waals surface area contributed by atoms with E-state index >= 15 is 0 Å². The van der Waals surface area contributed by atoms with E-state index in [0.29, 0.717) is 13.0 Å². The van der Waals surface area contributed by atoms with Gasteiger partial charge in [0, 0.05) is 43.4 Å². The van der Waals surface area contributed by atoms with Crippen molar-refractivity contribution in [1.82, 2.24) is 14.9 Å². The van der Waals surface area contributed by atoms with Crippen LogP contribution in [-0.4, -0.2) is 41.0 Å². The van der Waals surface area contributed by atoms with Gasteiger partial charge in [0.1, 0.15) is 5.75 Å². The smallest absolute Gasteiger partial charge is 0.222 e. The summed E-state index contributed by atoms with van der Waals surface area (Å²) in [6.07, 6.45) is 7.89. The zero-order valence-electron chi connectivity index (χ0n) is 18.0. The Morgan fingerprint density at radius 1 is 1.10 bits per heavy atom. The number of carbonyl (C=O) groups excluding carboxylic acids is 1. The van der Waals surface area contributed by atoms with Gasteiger partial charge in [-0.15, -0.1) is 0 Å². The van der Waals surface area contributed by atoms with Gasteiger partial charge in [0.05, 0.1) is 18.5 Å². The van der Waals surface area contributed by atoms with Crippen molar-refractivity contribution in [2.45, 2.75) is 38.0 Å². The van der Waals surface area contributed by atoms with Crippen molar-refractivity contribution in [3.05, 3.63) is 78.2 Å². The first-order valence-electron chi connectivity index (χ1n) is 11.0. The Hall–Kier alpha value is -3.21. The van der Waals surface area contributed by atoms with Crippen LogP contribution in [0, 0.1) is 0 Å². The Balaban J connectivity index is 1.43. The molecule has 5 nitrogen and oxygen atoms in total. The van der Waals surface area contributed by atoms with Gasteiger partial charge < -0.3 is 9.64 Å². The lowest BCUT2D eigenvalue weighted by atomic mass is 9.91. The van der Waals surface area contributed by atoms with Crippen LogP contribution in [-0.2, 0) is 11.2 Å². The molecule has 2 aromatic carbocycles. The molecule has 1 aliphatic rings. The quantitative estimate of drug-likeness (QED) is 0.552. The molecule has 0 spiro atoms. The lowest BCUT2D eigenvalue weighted by Crippen LogP contribution is -2.39. The van der Waals surface area contributed by atoms with Crippen molar-refractivity contribution in [3.8, 4) is 17.0 Å². The molecule has 0 bridgehead atoms. The number of rotatable bonds is 7. The lowest BCUT2D eigenvalue weighted by Gasteiger charge is -2.33. The van der Waals surface area contributed by atoms with E-state index in [1.165, 1.54) is 5.56 Å². The van der Waals surface area contributed by atoms with Gasteiger partial charge in [0.2, 0.25) is 5.91 Å². The number of aryl methyl sites for hydroxylation is 1. The number of benzene rings is 2. The molecular weight excluding hydrogens is 386 g/mol. The van der Waals surface area contributed by atoms with E-state index < -0.39 is 0 Å². The first-order valence-corrected chi connectivity index (χ1v) is 11.0. The van der Waals surface area contributed by atoms with Crippen molar-refractivity contribution < 1.29 is 9.53 Å². The maximum absolute atomic E-state index is 12.9. The SMILES string of the molecule is COc1cccc(-c2nccnc2C2CCCN(C(=O)CCCc3ccccc3)C2)c1. The van der Waals surface area contributed by atoms with E-state index in [1.807, 2.05) is 47.4 Å². The van der Waals surface area contributed by atoms with Gasteiger partial charge in [-0.3, -0.25) is 14.8 Å². The van der Waals surface area contributed by atoms with E-state index in [0.717, 1.165) is 54.9 Å². The second-order valence-electron chi connectivity index (χ2n) is 8.04. The standard InChI is InChI=1S/C26H29N3O2/c1-31-23-13-6-11-21(18-23)25-26(28-16-15-27-25)22-12-7-17-29(19-22)24(30)14-5-10-20-8-3-2-4-9-20/h2-4,6,8-9,11,13,15-16,18,22H,5,7,10,12,14,17,19H2,1H3. The minimum Gasteiger partial charge on any atom is -0.497 e. The predicted molar refractivity (Wildman–Crippen MR) is 122 cm³/mol. The maximum Gasteiger partial charge on any atom is 0.222 e. The van der Waals surface area contributed by atoms with Crippen LogP contribution in [0.2, 0.25) is 0 Å². The second-order valence-corrected chi connectivity index (χ2v) is 8.04. The number of piperidine rings is 1. The molecule has 1 atom stereocenters. The molecule has 5 heteroatoms. The lowest BCUT2D eigenvalue weighted by molar-refractivity contribution is -0.132. The number of amides is 1. The zero-order chi connectivity index (χ0) is 21.5. The average Bonchev–Trinajstić information content (AvgIpc) is 2.85. The summed E-state index contributed by atoms with van der Waals surface area (Å²) in [6.45, 7) is 1.54. The van der Waals surface area contributed by atoms with E-state index in [-0.39, 0.29) is 11.8 Å². The Labute approximate surface area is 184 Å².